The SMILES string of the molecule is Cc1ccc(S(=O)(=O)NC(CC(C)C)C(=O)N2CCN(C)c3ccccc3C2)cc1. The molecule has 1 N–H and O–H groups in total. The second-order valence-electron chi connectivity index (χ2n) is 8.43. The summed E-state index contributed by atoms with van der Waals surface area (Å²) in [5, 5.41) is 0. The summed E-state index contributed by atoms with van der Waals surface area (Å²) in [6.07, 6.45) is 0.442. The molecule has 0 fully saturated rings. The molecule has 2 aromatic carbocycles. The third kappa shape index (κ3) is 5.21. The molecule has 1 aliphatic rings. The number of para-hydroxylation sites is 1. The number of hydrogen-bond donors (Lipinski definition) is 1. The molecule has 0 saturated carbocycles. The number of nitrogens with one attached hydrogen (secondary N) is 1. The summed E-state index contributed by atoms with van der Waals surface area (Å²) >= 11 is 0. The van der Waals surface area contributed by atoms with E-state index in [1.165, 1.54) is 0 Å². The van der Waals surface area contributed by atoms with E-state index < -0.39 is 16.1 Å². The van der Waals surface area contributed by atoms with E-state index in [1.54, 1.807) is 29.2 Å². The van der Waals surface area contributed by atoms with Crippen LogP contribution in [-0.2, 0) is 21.4 Å². The zero-order chi connectivity index (χ0) is 21.9. The summed E-state index contributed by atoms with van der Waals surface area (Å²) in [7, 11) is -1.78. The third-order valence-electron chi connectivity index (χ3n) is 5.41. The van der Waals surface area contributed by atoms with Gasteiger partial charge in [-0.2, -0.15) is 4.72 Å². The second kappa shape index (κ2) is 9.18. The largest absolute Gasteiger partial charge is 0.373 e. The number of carbonyl (C=O) groups is 1. The van der Waals surface area contributed by atoms with E-state index in [0.29, 0.717) is 26.1 Å². The van der Waals surface area contributed by atoms with E-state index in [4.69, 9.17) is 0 Å². The molecule has 30 heavy (non-hydrogen) atoms. The van der Waals surface area contributed by atoms with Gasteiger partial charge in [-0.05, 0) is 43.0 Å². The molecule has 0 bridgehead atoms. The third-order valence-corrected chi connectivity index (χ3v) is 6.90. The normalized spacial score (nSPS) is 15.6. The lowest BCUT2D eigenvalue weighted by molar-refractivity contribution is -0.133. The number of aryl methyl sites for hydroxylation is 1. The molecule has 7 heteroatoms. The van der Waals surface area contributed by atoms with Gasteiger partial charge in [-0.15, -0.1) is 0 Å². The van der Waals surface area contributed by atoms with Gasteiger partial charge in [0.1, 0.15) is 6.04 Å². The fraction of sp³-hybridized carbons (Fsp3) is 0.435. The summed E-state index contributed by atoms with van der Waals surface area (Å²) < 4.78 is 28.6. The Labute approximate surface area is 179 Å². The quantitative estimate of drug-likeness (QED) is 0.766. The lowest BCUT2D eigenvalue weighted by Gasteiger charge is -2.28. The molecule has 1 heterocycles. The van der Waals surface area contributed by atoms with Crippen molar-refractivity contribution < 1.29 is 13.2 Å². The Hall–Kier alpha value is -2.38. The van der Waals surface area contributed by atoms with Crippen LogP contribution in [0.15, 0.2) is 53.4 Å². The van der Waals surface area contributed by atoms with Gasteiger partial charge in [0.15, 0.2) is 0 Å². The second-order valence-corrected chi connectivity index (χ2v) is 10.1. The summed E-state index contributed by atoms with van der Waals surface area (Å²) in [5.41, 5.74) is 3.15. The van der Waals surface area contributed by atoms with E-state index in [9.17, 15) is 13.2 Å². The molecule has 0 saturated heterocycles. The topological polar surface area (TPSA) is 69.7 Å². The Morgan fingerprint density at radius 3 is 2.40 bits per heavy atom. The maximum absolute atomic E-state index is 13.4. The number of nitrogens with zero attached hydrogens (tertiary/aromatic N) is 2. The van der Waals surface area contributed by atoms with Gasteiger partial charge in [-0.25, -0.2) is 8.42 Å². The number of likely N-dealkylation sites (N-methyl/N-ethyl adjacent to an activating group) is 1. The Morgan fingerprint density at radius 1 is 1.07 bits per heavy atom. The maximum atomic E-state index is 13.4. The van der Waals surface area contributed by atoms with Crippen molar-refractivity contribution in [1.82, 2.24) is 9.62 Å². The highest BCUT2D eigenvalue weighted by atomic mass is 32.2. The molecule has 1 unspecified atom stereocenters. The summed E-state index contributed by atoms with van der Waals surface area (Å²) in [4.78, 5) is 17.5. The highest BCUT2D eigenvalue weighted by molar-refractivity contribution is 7.89. The van der Waals surface area contributed by atoms with Gasteiger partial charge < -0.3 is 9.80 Å². The minimum absolute atomic E-state index is 0.168. The first kappa shape index (κ1) is 22.3. The number of anilines is 1. The van der Waals surface area contributed by atoms with Gasteiger partial charge in [0, 0.05) is 32.4 Å². The molecule has 1 atom stereocenters. The van der Waals surface area contributed by atoms with E-state index >= 15 is 0 Å². The van der Waals surface area contributed by atoms with Crippen LogP contribution in [0.25, 0.3) is 0 Å². The number of fused-ring (bicyclic) bond motifs is 1. The molecule has 1 amide bonds. The zero-order valence-electron chi connectivity index (χ0n) is 18.1. The van der Waals surface area contributed by atoms with E-state index in [-0.39, 0.29) is 16.7 Å². The van der Waals surface area contributed by atoms with Crippen LogP contribution in [-0.4, -0.2) is 45.4 Å². The lowest BCUT2D eigenvalue weighted by atomic mass is 10.0. The Kier molecular flexibility index (Phi) is 6.83. The van der Waals surface area contributed by atoms with Crippen LogP contribution >= 0.6 is 0 Å². The first-order chi connectivity index (χ1) is 14.2. The number of amides is 1. The highest BCUT2D eigenvalue weighted by Gasteiger charge is 2.31. The Morgan fingerprint density at radius 2 is 1.73 bits per heavy atom. The fourth-order valence-corrected chi connectivity index (χ4v) is 4.95. The van der Waals surface area contributed by atoms with Gasteiger partial charge in [0.05, 0.1) is 4.90 Å². The van der Waals surface area contributed by atoms with Crippen LogP contribution in [0.2, 0.25) is 0 Å². The molecule has 0 radical (unpaired) electrons. The maximum Gasteiger partial charge on any atom is 0.241 e. The fourth-order valence-electron chi connectivity index (χ4n) is 3.74. The van der Waals surface area contributed by atoms with Crippen LogP contribution < -0.4 is 9.62 Å². The van der Waals surface area contributed by atoms with E-state index in [2.05, 4.69) is 15.7 Å². The molecular weight excluding hydrogens is 398 g/mol. The zero-order valence-corrected chi connectivity index (χ0v) is 18.9. The number of carbonyl (C=O) groups excluding carboxylic acids is 1. The van der Waals surface area contributed by atoms with Gasteiger partial charge in [-0.3, -0.25) is 4.79 Å². The van der Waals surface area contributed by atoms with Gasteiger partial charge in [-0.1, -0.05) is 49.7 Å². The number of hydrogen-bond acceptors (Lipinski definition) is 4. The Bertz CT molecular complexity index is 987. The van der Waals surface area contributed by atoms with E-state index in [0.717, 1.165) is 16.8 Å². The van der Waals surface area contributed by atoms with Crippen LogP contribution in [0.4, 0.5) is 5.69 Å². The lowest BCUT2D eigenvalue weighted by Crippen LogP contribution is -2.49. The minimum Gasteiger partial charge on any atom is -0.373 e. The van der Waals surface area contributed by atoms with Crippen LogP contribution in [0.3, 0.4) is 0 Å². The van der Waals surface area contributed by atoms with Crippen molar-refractivity contribution in [2.45, 2.75) is 44.7 Å². The minimum atomic E-state index is -3.79. The van der Waals surface area contributed by atoms with E-state index in [1.807, 2.05) is 46.0 Å². The highest BCUT2D eigenvalue weighted by Crippen LogP contribution is 2.25. The molecule has 1 aliphatic heterocycles. The van der Waals surface area contributed by atoms with Crippen molar-refractivity contribution in [2.75, 3.05) is 25.0 Å². The summed E-state index contributed by atoms with van der Waals surface area (Å²) in [6.45, 7) is 7.61. The van der Waals surface area contributed by atoms with Gasteiger partial charge in [0.2, 0.25) is 15.9 Å². The monoisotopic (exact) mass is 429 g/mol. The van der Waals surface area contributed by atoms with Crippen molar-refractivity contribution in [3.8, 4) is 0 Å². The average Bonchev–Trinajstić information content (AvgIpc) is 2.86. The molecular formula is C23H31N3O3S. The Balaban J connectivity index is 1.84. The average molecular weight is 430 g/mol. The standard InChI is InChI=1S/C23H31N3O3S/c1-17(2)15-21(24-30(28,29)20-11-9-18(3)10-12-20)23(27)26-14-13-25(4)22-8-6-5-7-19(22)16-26/h5-12,17,21,24H,13-16H2,1-4H3. The first-order valence-electron chi connectivity index (χ1n) is 10.3. The smallest absolute Gasteiger partial charge is 0.241 e. The molecule has 3 rings (SSSR count). The van der Waals surface area contributed by atoms with Gasteiger partial charge >= 0.3 is 0 Å². The number of rotatable bonds is 6. The van der Waals surface area contributed by atoms with Crippen LogP contribution in [0, 0.1) is 12.8 Å². The van der Waals surface area contributed by atoms with Gasteiger partial charge in [0.25, 0.3) is 0 Å². The molecule has 162 valence electrons. The first-order valence-corrected chi connectivity index (χ1v) is 11.8. The molecule has 6 nitrogen and oxygen atoms in total. The molecule has 0 spiro atoms. The summed E-state index contributed by atoms with van der Waals surface area (Å²) in [5.74, 6) is -0.00824. The number of benzene rings is 2. The number of sulfonamides is 1. The van der Waals surface area contributed by atoms with Crippen molar-refractivity contribution in [3.05, 3.63) is 59.7 Å². The predicted octanol–water partition coefficient (Wildman–Crippen LogP) is 3.17. The molecule has 0 aliphatic carbocycles. The van der Waals surface area contributed by atoms with Crippen molar-refractivity contribution in [1.29, 1.82) is 0 Å². The molecule has 0 aromatic heterocycles. The van der Waals surface area contributed by atoms with Crippen LogP contribution in [0.1, 0.15) is 31.4 Å². The molecule has 2 aromatic rings. The van der Waals surface area contributed by atoms with Crippen molar-refractivity contribution in [2.24, 2.45) is 5.92 Å². The van der Waals surface area contributed by atoms with Crippen molar-refractivity contribution >= 4 is 21.6 Å². The summed E-state index contributed by atoms with van der Waals surface area (Å²) in [6, 6.07) is 13.9. The predicted molar refractivity (Wildman–Crippen MR) is 120 cm³/mol. The van der Waals surface area contributed by atoms with Crippen LogP contribution in [0.5, 0.6) is 0 Å². The van der Waals surface area contributed by atoms with Crippen molar-refractivity contribution in [3.63, 3.8) is 0 Å².